The van der Waals surface area contributed by atoms with Crippen LogP contribution in [-0.2, 0) is 4.79 Å². The summed E-state index contributed by atoms with van der Waals surface area (Å²) in [6, 6.07) is 7.30. The number of carbonyl (C=O) groups is 2. The Hall–Kier alpha value is -2.22. The van der Waals surface area contributed by atoms with Gasteiger partial charge in [-0.1, -0.05) is 47.6 Å². The molecule has 2 heteroatoms. The maximum Gasteiger partial charge on any atom is 0.186 e. The monoisotopic (exact) mass is 282 g/mol. The molecule has 1 aromatic rings. The Labute approximate surface area is 126 Å². The fraction of sp³-hybridized carbons (Fsp3) is 0.263. The van der Waals surface area contributed by atoms with Gasteiger partial charge >= 0.3 is 0 Å². The number of rotatable bonds is 7. The van der Waals surface area contributed by atoms with E-state index in [1.54, 1.807) is 18.2 Å². The fourth-order valence-electron chi connectivity index (χ4n) is 1.97. The number of allylic oxidation sites excluding steroid dienone is 5. The van der Waals surface area contributed by atoms with Crippen molar-refractivity contribution in [2.24, 2.45) is 0 Å². The van der Waals surface area contributed by atoms with Crippen LogP contribution >= 0.6 is 0 Å². The largest absolute Gasteiger partial charge is 0.299 e. The van der Waals surface area contributed by atoms with Crippen molar-refractivity contribution in [3.8, 4) is 0 Å². The number of hydrogen-bond donors (Lipinski definition) is 0. The van der Waals surface area contributed by atoms with Crippen LogP contribution < -0.4 is 0 Å². The molecule has 0 aliphatic rings. The topological polar surface area (TPSA) is 34.1 Å². The van der Waals surface area contributed by atoms with E-state index >= 15 is 0 Å². The Morgan fingerprint density at radius 2 is 1.86 bits per heavy atom. The molecule has 0 heterocycles. The third-order valence-electron chi connectivity index (χ3n) is 3.05. The lowest BCUT2D eigenvalue weighted by Crippen LogP contribution is -1.99. The summed E-state index contributed by atoms with van der Waals surface area (Å²) in [5.74, 6) is -0.0177. The summed E-state index contributed by atoms with van der Waals surface area (Å²) in [5, 5.41) is 0. The molecule has 0 saturated carbocycles. The summed E-state index contributed by atoms with van der Waals surface area (Å²) in [7, 11) is 0. The average Bonchev–Trinajstić information content (AvgIpc) is 2.44. The minimum atomic E-state index is -0.0177. The maximum absolute atomic E-state index is 12.3. The molecule has 0 aliphatic carbocycles. The van der Waals surface area contributed by atoms with Crippen molar-refractivity contribution in [2.75, 3.05) is 0 Å². The molecule has 0 spiro atoms. The normalized spacial score (nSPS) is 11.5. The van der Waals surface area contributed by atoms with Gasteiger partial charge < -0.3 is 0 Å². The second kappa shape index (κ2) is 8.85. The van der Waals surface area contributed by atoms with Crippen LogP contribution in [0.4, 0.5) is 0 Å². The number of ketones is 1. The molecule has 0 amide bonds. The highest BCUT2D eigenvalue weighted by atomic mass is 16.1. The fourth-order valence-corrected chi connectivity index (χ4v) is 1.97. The van der Waals surface area contributed by atoms with Crippen LogP contribution in [0.3, 0.4) is 0 Å². The molecule has 0 atom stereocenters. The lowest BCUT2D eigenvalue weighted by molar-refractivity contribution is -0.104. The van der Waals surface area contributed by atoms with Gasteiger partial charge in [0.2, 0.25) is 0 Å². The molecule has 1 aromatic carbocycles. The Morgan fingerprint density at radius 1 is 1.14 bits per heavy atom. The second-order valence-electron chi connectivity index (χ2n) is 5.26. The van der Waals surface area contributed by atoms with Gasteiger partial charge in [-0.25, -0.2) is 0 Å². The smallest absolute Gasteiger partial charge is 0.186 e. The Bertz CT molecular complexity index is 585. The first-order valence-electron chi connectivity index (χ1n) is 7.10. The Kier molecular flexibility index (Phi) is 7.10. The summed E-state index contributed by atoms with van der Waals surface area (Å²) >= 11 is 0. The van der Waals surface area contributed by atoms with Crippen molar-refractivity contribution in [3.05, 3.63) is 64.8 Å². The van der Waals surface area contributed by atoms with E-state index in [2.05, 4.69) is 19.9 Å². The number of carbonyl (C=O) groups excluding carboxylic acids is 2. The molecule has 0 radical (unpaired) electrons. The molecule has 0 fully saturated rings. The van der Waals surface area contributed by atoms with Gasteiger partial charge in [0.05, 0.1) is 0 Å². The zero-order valence-electron chi connectivity index (χ0n) is 12.9. The van der Waals surface area contributed by atoms with E-state index in [9.17, 15) is 9.59 Å². The SMILES string of the molecule is CC(C)=CCC/C(C)=C/C(=O)c1ccccc1/C=C/C=O. The van der Waals surface area contributed by atoms with Gasteiger partial charge in [-0.2, -0.15) is 0 Å². The molecule has 2 nitrogen and oxygen atoms in total. The Balaban J connectivity index is 2.86. The molecule has 110 valence electrons. The Morgan fingerprint density at radius 3 is 2.52 bits per heavy atom. The summed E-state index contributed by atoms with van der Waals surface area (Å²) in [5.41, 5.74) is 3.74. The van der Waals surface area contributed by atoms with Crippen LogP contribution in [-0.4, -0.2) is 12.1 Å². The molecule has 0 unspecified atom stereocenters. The van der Waals surface area contributed by atoms with Gasteiger partial charge in [-0.15, -0.1) is 0 Å². The average molecular weight is 282 g/mol. The van der Waals surface area contributed by atoms with Crippen molar-refractivity contribution in [1.29, 1.82) is 0 Å². The zero-order chi connectivity index (χ0) is 15.7. The first-order valence-corrected chi connectivity index (χ1v) is 7.10. The molecular formula is C19H22O2. The minimum absolute atomic E-state index is 0.0177. The third-order valence-corrected chi connectivity index (χ3v) is 3.05. The van der Waals surface area contributed by atoms with E-state index in [1.807, 2.05) is 25.1 Å². The molecule has 0 aromatic heterocycles. The summed E-state index contributed by atoms with van der Waals surface area (Å²) < 4.78 is 0. The highest BCUT2D eigenvalue weighted by molar-refractivity contribution is 6.07. The third kappa shape index (κ3) is 6.17. The molecule has 0 saturated heterocycles. The molecule has 0 N–H and O–H groups in total. The quantitative estimate of drug-likeness (QED) is 0.312. The van der Waals surface area contributed by atoms with Gasteiger partial charge in [0.15, 0.2) is 5.78 Å². The summed E-state index contributed by atoms with van der Waals surface area (Å²) in [6.07, 6.45) is 9.45. The summed E-state index contributed by atoms with van der Waals surface area (Å²) in [6.45, 7) is 6.11. The van der Waals surface area contributed by atoms with Crippen LogP contribution in [0.5, 0.6) is 0 Å². The second-order valence-corrected chi connectivity index (χ2v) is 5.26. The van der Waals surface area contributed by atoms with Crippen LogP contribution in [0, 0.1) is 0 Å². The van der Waals surface area contributed by atoms with Gasteiger partial charge in [0.1, 0.15) is 6.29 Å². The molecular weight excluding hydrogens is 260 g/mol. The van der Waals surface area contributed by atoms with Crippen LogP contribution in [0.25, 0.3) is 6.08 Å². The molecule has 21 heavy (non-hydrogen) atoms. The first-order chi connectivity index (χ1) is 10.0. The maximum atomic E-state index is 12.3. The van der Waals surface area contributed by atoms with Crippen molar-refractivity contribution in [3.63, 3.8) is 0 Å². The van der Waals surface area contributed by atoms with E-state index in [4.69, 9.17) is 0 Å². The van der Waals surface area contributed by atoms with Crippen molar-refractivity contribution in [1.82, 2.24) is 0 Å². The van der Waals surface area contributed by atoms with Gasteiger partial charge in [-0.05, 0) is 51.3 Å². The standard InChI is InChI=1S/C19H22O2/c1-15(2)8-6-9-16(3)14-19(21)18-12-5-4-10-17(18)11-7-13-20/h4-5,7-8,10-14H,6,9H2,1-3H3/b11-7+,16-14+. The highest BCUT2D eigenvalue weighted by Gasteiger charge is 2.06. The highest BCUT2D eigenvalue weighted by Crippen LogP contribution is 2.14. The predicted octanol–water partition coefficient (Wildman–Crippen LogP) is 4.77. The van der Waals surface area contributed by atoms with E-state index in [0.717, 1.165) is 24.0 Å². The molecule has 1 rings (SSSR count). The van der Waals surface area contributed by atoms with E-state index in [-0.39, 0.29) is 5.78 Å². The number of aldehydes is 1. The van der Waals surface area contributed by atoms with Crippen molar-refractivity contribution in [2.45, 2.75) is 33.6 Å². The predicted molar refractivity (Wildman–Crippen MR) is 88.3 cm³/mol. The zero-order valence-corrected chi connectivity index (χ0v) is 12.9. The van der Waals surface area contributed by atoms with E-state index in [1.165, 1.54) is 11.6 Å². The van der Waals surface area contributed by atoms with Crippen LogP contribution in [0.1, 0.15) is 49.5 Å². The van der Waals surface area contributed by atoms with Crippen LogP contribution in [0.15, 0.2) is 53.6 Å². The van der Waals surface area contributed by atoms with E-state index in [0.29, 0.717) is 11.8 Å². The van der Waals surface area contributed by atoms with E-state index < -0.39 is 0 Å². The first kappa shape index (κ1) is 16.8. The van der Waals surface area contributed by atoms with Gasteiger partial charge in [0, 0.05) is 5.56 Å². The summed E-state index contributed by atoms with van der Waals surface area (Å²) in [4.78, 5) is 22.7. The minimum Gasteiger partial charge on any atom is -0.299 e. The lowest BCUT2D eigenvalue weighted by atomic mass is 10.0. The molecule has 0 bridgehead atoms. The van der Waals surface area contributed by atoms with Gasteiger partial charge in [0.25, 0.3) is 0 Å². The number of benzene rings is 1. The van der Waals surface area contributed by atoms with Gasteiger partial charge in [-0.3, -0.25) is 9.59 Å². The van der Waals surface area contributed by atoms with Crippen molar-refractivity contribution >= 4 is 18.1 Å². The molecule has 0 aliphatic heterocycles. The number of hydrogen-bond acceptors (Lipinski definition) is 2. The van der Waals surface area contributed by atoms with Crippen molar-refractivity contribution < 1.29 is 9.59 Å². The van der Waals surface area contributed by atoms with Crippen LogP contribution in [0.2, 0.25) is 0 Å². The lowest BCUT2D eigenvalue weighted by Gasteiger charge is -2.03.